The van der Waals surface area contributed by atoms with E-state index in [1.807, 2.05) is 12.4 Å². The zero-order chi connectivity index (χ0) is 14.4. The molecule has 0 saturated carbocycles. The molecule has 20 heavy (non-hydrogen) atoms. The summed E-state index contributed by atoms with van der Waals surface area (Å²) >= 11 is 0. The van der Waals surface area contributed by atoms with Crippen LogP contribution < -0.4 is 5.32 Å². The summed E-state index contributed by atoms with van der Waals surface area (Å²) in [6, 6.07) is 2.26. The van der Waals surface area contributed by atoms with E-state index in [4.69, 9.17) is 0 Å². The van der Waals surface area contributed by atoms with Crippen molar-refractivity contribution in [1.82, 2.24) is 15.2 Å². The summed E-state index contributed by atoms with van der Waals surface area (Å²) in [5, 5.41) is 3.61. The zero-order valence-electron chi connectivity index (χ0n) is 13.2. The molecule has 112 valence electrons. The molecule has 1 fully saturated rings. The van der Waals surface area contributed by atoms with Crippen LogP contribution in [0.15, 0.2) is 18.5 Å². The van der Waals surface area contributed by atoms with Gasteiger partial charge in [0.15, 0.2) is 0 Å². The van der Waals surface area contributed by atoms with Gasteiger partial charge in [-0.1, -0.05) is 19.9 Å². The van der Waals surface area contributed by atoms with Crippen molar-refractivity contribution in [2.45, 2.75) is 40.2 Å². The Labute approximate surface area is 123 Å². The number of aryl methyl sites for hydroxylation is 1. The molecule has 2 rings (SSSR count). The summed E-state index contributed by atoms with van der Waals surface area (Å²) in [7, 11) is 0. The first-order chi connectivity index (χ1) is 9.63. The standard InChI is InChI=1S/C17H29N3/c1-14(2)8-18-10-16-5-4-6-20(12-16)13-17-7-15(3)9-19-11-17/h7,9,11,14,16,18H,4-6,8,10,12-13H2,1-3H3. The fourth-order valence-corrected chi connectivity index (χ4v) is 3.00. The lowest BCUT2D eigenvalue weighted by Gasteiger charge is -2.33. The molecule has 1 aliphatic heterocycles. The number of pyridine rings is 1. The number of hydrogen-bond acceptors (Lipinski definition) is 3. The maximum Gasteiger partial charge on any atom is 0.0313 e. The predicted octanol–water partition coefficient (Wildman–Crippen LogP) is 2.85. The van der Waals surface area contributed by atoms with Crippen LogP contribution in [0.1, 0.15) is 37.8 Å². The van der Waals surface area contributed by atoms with Crippen molar-refractivity contribution in [3.8, 4) is 0 Å². The van der Waals surface area contributed by atoms with Crippen LogP contribution in [0.2, 0.25) is 0 Å². The van der Waals surface area contributed by atoms with E-state index in [0.717, 1.165) is 24.9 Å². The minimum Gasteiger partial charge on any atom is -0.316 e. The van der Waals surface area contributed by atoms with Crippen LogP contribution in [0.3, 0.4) is 0 Å². The van der Waals surface area contributed by atoms with Crippen molar-refractivity contribution in [1.29, 1.82) is 0 Å². The van der Waals surface area contributed by atoms with Crippen molar-refractivity contribution in [2.24, 2.45) is 11.8 Å². The third kappa shape index (κ3) is 5.22. The summed E-state index contributed by atoms with van der Waals surface area (Å²) in [5.74, 6) is 1.55. The number of nitrogens with one attached hydrogen (secondary N) is 1. The average Bonchev–Trinajstić information content (AvgIpc) is 2.39. The van der Waals surface area contributed by atoms with Gasteiger partial charge in [-0.15, -0.1) is 0 Å². The topological polar surface area (TPSA) is 28.2 Å². The van der Waals surface area contributed by atoms with E-state index in [0.29, 0.717) is 0 Å². The molecule has 1 saturated heterocycles. The van der Waals surface area contributed by atoms with Crippen LogP contribution in [0.4, 0.5) is 0 Å². The molecule has 1 aromatic rings. The molecular weight excluding hydrogens is 246 g/mol. The molecule has 3 heteroatoms. The van der Waals surface area contributed by atoms with Gasteiger partial charge in [0.05, 0.1) is 0 Å². The summed E-state index contributed by atoms with van der Waals surface area (Å²) in [5.41, 5.74) is 2.61. The second-order valence-electron chi connectivity index (χ2n) is 6.67. The monoisotopic (exact) mass is 275 g/mol. The minimum atomic E-state index is 0.744. The van der Waals surface area contributed by atoms with E-state index < -0.39 is 0 Å². The Morgan fingerprint density at radius 1 is 1.40 bits per heavy atom. The Morgan fingerprint density at radius 3 is 3.00 bits per heavy atom. The number of hydrogen-bond donors (Lipinski definition) is 1. The molecule has 1 aliphatic rings. The van der Waals surface area contributed by atoms with Crippen LogP contribution in [-0.4, -0.2) is 36.1 Å². The van der Waals surface area contributed by atoms with Crippen molar-refractivity contribution in [3.63, 3.8) is 0 Å². The highest BCUT2D eigenvalue weighted by Crippen LogP contribution is 2.18. The summed E-state index contributed by atoms with van der Waals surface area (Å²) in [6.45, 7) is 12.5. The number of nitrogens with zero attached hydrogens (tertiary/aromatic N) is 2. The van der Waals surface area contributed by atoms with Crippen molar-refractivity contribution in [2.75, 3.05) is 26.2 Å². The lowest BCUT2D eigenvalue weighted by atomic mass is 9.97. The highest BCUT2D eigenvalue weighted by molar-refractivity contribution is 5.16. The van der Waals surface area contributed by atoms with E-state index in [2.05, 4.69) is 42.0 Å². The van der Waals surface area contributed by atoms with Crippen molar-refractivity contribution >= 4 is 0 Å². The highest BCUT2D eigenvalue weighted by atomic mass is 15.1. The van der Waals surface area contributed by atoms with Gasteiger partial charge >= 0.3 is 0 Å². The summed E-state index contributed by atoms with van der Waals surface area (Å²) < 4.78 is 0. The molecule has 1 unspecified atom stereocenters. The molecule has 1 N–H and O–H groups in total. The minimum absolute atomic E-state index is 0.744. The Kier molecular flexibility index (Phi) is 5.99. The average molecular weight is 275 g/mol. The van der Waals surface area contributed by atoms with Crippen LogP contribution >= 0.6 is 0 Å². The first-order valence-corrected chi connectivity index (χ1v) is 7.97. The molecule has 3 nitrogen and oxygen atoms in total. The van der Waals surface area contributed by atoms with Gasteiger partial charge in [-0.3, -0.25) is 9.88 Å². The highest BCUT2D eigenvalue weighted by Gasteiger charge is 2.19. The SMILES string of the molecule is Cc1cncc(CN2CCCC(CNCC(C)C)C2)c1. The molecule has 0 aliphatic carbocycles. The third-order valence-corrected chi connectivity index (χ3v) is 3.93. The first-order valence-electron chi connectivity index (χ1n) is 7.97. The van der Waals surface area contributed by atoms with Gasteiger partial charge in [0, 0.05) is 25.5 Å². The van der Waals surface area contributed by atoms with Crippen LogP contribution in [0.25, 0.3) is 0 Å². The van der Waals surface area contributed by atoms with Crippen molar-refractivity contribution < 1.29 is 0 Å². The maximum absolute atomic E-state index is 4.30. The Hall–Kier alpha value is -0.930. The molecule has 1 aromatic heterocycles. The van der Waals surface area contributed by atoms with Crippen LogP contribution in [0.5, 0.6) is 0 Å². The molecule has 0 aromatic carbocycles. The molecule has 0 radical (unpaired) electrons. The van der Waals surface area contributed by atoms with Crippen LogP contribution in [0, 0.1) is 18.8 Å². The summed E-state index contributed by atoms with van der Waals surface area (Å²) in [4.78, 5) is 6.88. The zero-order valence-corrected chi connectivity index (χ0v) is 13.2. The summed E-state index contributed by atoms with van der Waals surface area (Å²) in [6.07, 6.45) is 6.63. The lowest BCUT2D eigenvalue weighted by molar-refractivity contribution is 0.164. The van der Waals surface area contributed by atoms with Crippen molar-refractivity contribution in [3.05, 3.63) is 29.6 Å². The Balaban J connectivity index is 1.78. The van der Waals surface area contributed by atoms with Crippen LogP contribution in [-0.2, 0) is 6.54 Å². The normalized spacial score (nSPS) is 20.5. The van der Waals surface area contributed by atoms with E-state index >= 15 is 0 Å². The van der Waals surface area contributed by atoms with E-state index in [-0.39, 0.29) is 0 Å². The molecule has 0 amide bonds. The maximum atomic E-state index is 4.30. The molecule has 1 atom stereocenters. The fraction of sp³-hybridized carbons (Fsp3) is 0.706. The fourth-order valence-electron chi connectivity index (χ4n) is 3.00. The predicted molar refractivity (Wildman–Crippen MR) is 84.7 cm³/mol. The smallest absolute Gasteiger partial charge is 0.0313 e. The molecular formula is C17H29N3. The van der Waals surface area contributed by atoms with E-state index in [1.54, 1.807) is 0 Å². The second-order valence-corrected chi connectivity index (χ2v) is 6.67. The van der Waals surface area contributed by atoms with E-state index in [1.165, 1.54) is 43.6 Å². The van der Waals surface area contributed by atoms with Gasteiger partial charge in [-0.2, -0.15) is 0 Å². The number of piperidine rings is 1. The molecule has 0 bridgehead atoms. The Morgan fingerprint density at radius 2 is 2.25 bits per heavy atom. The quantitative estimate of drug-likeness (QED) is 0.865. The number of rotatable bonds is 6. The van der Waals surface area contributed by atoms with Gasteiger partial charge in [0.1, 0.15) is 0 Å². The third-order valence-electron chi connectivity index (χ3n) is 3.93. The Bertz CT molecular complexity index is 403. The number of likely N-dealkylation sites (tertiary alicyclic amines) is 1. The molecule has 0 spiro atoms. The van der Waals surface area contributed by atoms with Gasteiger partial charge in [0.2, 0.25) is 0 Å². The van der Waals surface area contributed by atoms with Gasteiger partial charge in [0.25, 0.3) is 0 Å². The molecule has 2 heterocycles. The number of aromatic nitrogens is 1. The van der Waals surface area contributed by atoms with Gasteiger partial charge in [-0.05, 0) is 62.4 Å². The van der Waals surface area contributed by atoms with Gasteiger partial charge < -0.3 is 5.32 Å². The van der Waals surface area contributed by atoms with E-state index in [9.17, 15) is 0 Å². The lowest BCUT2D eigenvalue weighted by Crippen LogP contribution is -2.39. The second kappa shape index (κ2) is 7.75. The first kappa shape index (κ1) is 15.5. The largest absolute Gasteiger partial charge is 0.316 e. The van der Waals surface area contributed by atoms with Gasteiger partial charge in [-0.25, -0.2) is 0 Å².